The zero-order valence-corrected chi connectivity index (χ0v) is 19.7. The summed E-state index contributed by atoms with van der Waals surface area (Å²) in [4.78, 5) is 33.8. The number of morpholine rings is 1. The minimum atomic E-state index is -0.245. The average molecular weight is 465 g/mol. The van der Waals surface area contributed by atoms with Gasteiger partial charge in [-0.3, -0.25) is 9.59 Å². The maximum atomic E-state index is 13.0. The first-order valence-electron chi connectivity index (χ1n) is 11.1. The van der Waals surface area contributed by atoms with Gasteiger partial charge in [0.1, 0.15) is 17.2 Å². The summed E-state index contributed by atoms with van der Waals surface area (Å²) in [6, 6.07) is 15.8. The first-order valence-corrected chi connectivity index (χ1v) is 12.0. The summed E-state index contributed by atoms with van der Waals surface area (Å²) in [5.74, 6) is -0.483. The van der Waals surface area contributed by atoms with Gasteiger partial charge >= 0.3 is 0 Å². The van der Waals surface area contributed by atoms with Crippen LogP contribution in [-0.4, -0.2) is 61.1 Å². The zero-order chi connectivity index (χ0) is 23.2. The van der Waals surface area contributed by atoms with Gasteiger partial charge in [-0.25, -0.2) is 4.98 Å². The van der Waals surface area contributed by atoms with E-state index in [2.05, 4.69) is 15.2 Å². The minimum Gasteiger partial charge on any atom is -0.378 e. The van der Waals surface area contributed by atoms with Gasteiger partial charge in [0.25, 0.3) is 5.91 Å². The molecule has 1 N–H and O–H groups in total. The van der Waals surface area contributed by atoms with Crippen molar-refractivity contribution < 1.29 is 14.3 Å². The lowest BCUT2D eigenvalue weighted by Gasteiger charge is -2.29. The molecular weight excluding hydrogens is 436 g/mol. The topological polar surface area (TPSA) is 74.8 Å². The summed E-state index contributed by atoms with van der Waals surface area (Å²) in [6.07, 6.45) is 0. The largest absolute Gasteiger partial charge is 0.378 e. The molecule has 2 aromatic carbocycles. The van der Waals surface area contributed by atoms with E-state index in [-0.39, 0.29) is 18.4 Å². The number of hydrogen-bond acceptors (Lipinski definition) is 6. The first-order chi connectivity index (χ1) is 16.0. The fourth-order valence-electron chi connectivity index (χ4n) is 3.64. The van der Waals surface area contributed by atoms with E-state index in [9.17, 15) is 9.59 Å². The Morgan fingerprint density at radius 2 is 1.79 bits per heavy atom. The fraction of sp³-hybridized carbons (Fsp3) is 0.320. The molecule has 0 atom stereocenters. The smallest absolute Gasteiger partial charge is 0.273 e. The predicted octanol–water partition coefficient (Wildman–Crippen LogP) is 4.06. The fourth-order valence-corrected chi connectivity index (χ4v) is 4.44. The van der Waals surface area contributed by atoms with E-state index in [0.717, 1.165) is 42.6 Å². The number of nitrogens with zero attached hydrogens (tertiary/aromatic N) is 3. The lowest BCUT2D eigenvalue weighted by Crippen LogP contribution is -2.38. The molecule has 3 aromatic rings. The van der Waals surface area contributed by atoms with Crippen molar-refractivity contribution in [2.45, 2.75) is 13.8 Å². The van der Waals surface area contributed by atoms with Crippen LogP contribution < -0.4 is 10.2 Å². The van der Waals surface area contributed by atoms with Crippen molar-refractivity contribution in [1.82, 2.24) is 9.88 Å². The van der Waals surface area contributed by atoms with Gasteiger partial charge in [-0.1, -0.05) is 29.8 Å². The molecule has 0 saturated carbocycles. The quantitative estimate of drug-likeness (QED) is 0.571. The van der Waals surface area contributed by atoms with Gasteiger partial charge in [-0.15, -0.1) is 11.3 Å². The molecule has 33 heavy (non-hydrogen) atoms. The number of hydrogen-bond donors (Lipinski definition) is 1. The molecule has 0 bridgehead atoms. The summed E-state index contributed by atoms with van der Waals surface area (Å²) in [6.45, 7) is 7.45. The molecule has 7 nitrogen and oxygen atoms in total. The maximum absolute atomic E-state index is 13.0. The molecule has 8 heteroatoms. The van der Waals surface area contributed by atoms with E-state index >= 15 is 0 Å². The van der Waals surface area contributed by atoms with Crippen molar-refractivity contribution in [3.8, 4) is 10.6 Å². The molecule has 1 aromatic heterocycles. The molecule has 172 valence electrons. The lowest BCUT2D eigenvalue weighted by molar-refractivity contribution is -0.116. The van der Waals surface area contributed by atoms with Gasteiger partial charge in [-0.05, 0) is 38.1 Å². The Hall–Kier alpha value is -3.23. The summed E-state index contributed by atoms with van der Waals surface area (Å²) in [5, 5.41) is 5.43. The number of likely N-dealkylation sites (N-methyl/N-ethyl adjacent to an activating group) is 1. The van der Waals surface area contributed by atoms with Crippen molar-refractivity contribution in [3.05, 3.63) is 65.2 Å². The van der Waals surface area contributed by atoms with Crippen LogP contribution in [0, 0.1) is 6.92 Å². The lowest BCUT2D eigenvalue weighted by atomic mass is 10.2. The SMILES string of the molecule is CCN(CC(=O)Nc1ccc(N2CCOCC2)cc1)C(=O)c1csc(-c2ccc(C)cc2)n1. The normalized spacial score (nSPS) is 13.6. The number of aromatic nitrogens is 1. The number of rotatable bonds is 7. The standard InChI is InChI=1S/C25H28N4O3S/c1-3-28(25(31)22-17-33-24(27-22)19-6-4-18(2)5-7-19)16-23(30)26-20-8-10-21(11-9-20)29-12-14-32-15-13-29/h4-11,17H,3,12-16H2,1-2H3,(H,26,30). The molecule has 1 aliphatic heterocycles. The highest BCUT2D eigenvalue weighted by Gasteiger charge is 2.20. The molecule has 1 saturated heterocycles. The molecule has 2 amide bonds. The molecule has 1 aliphatic rings. The predicted molar refractivity (Wildman–Crippen MR) is 132 cm³/mol. The number of carbonyl (C=O) groups excluding carboxylic acids is 2. The van der Waals surface area contributed by atoms with Crippen LogP contribution >= 0.6 is 11.3 Å². The van der Waals surface area contributed by atoms with Crippen molar-refractivity contribution in [3.63, 3.8) is 0 Å². The molecule has 0 unspecified atom stereocenters. The van der Waals surface area contributed by atoms with Crippen molar-refractivity contribution >= 4 is 34.5 Å². The van der Waals surface area contributed by atoms with Crippen molar-refractivity contribution in [2.24, 2.45) is 0 Å². The molecule has 4 rings (SSSR count). The Bertz CT molecular complexity index is 1090. The summed E-state index contributed by atoms with van der Waals surface area (Å²) in [7, 11) is 0. The third kappa shape index (κ3) is 5.77. The van der Waals surface area contributed by atoms with E-state index in [0.29, 0.717) is 17.9 Å². The van der Waals surface area contributed by atoms with Gasteiger partial charge in [0.15, 0.2) is 0 Å². The summed E-state index contributed by atoms with van der Waals surface area (Å²) < 4.78 is 5.39. The molecule has 0 spiro atoms. The number of aryl methyl sites for hydroxylation is 1. The third-order valence-corrected chi connectivity index (χ3v) is 6.44. The zero-order valence-electron chi connectivity index (χ0n) is 18.9. The molecular formula is C25H28N4O3S. The van der Waals surface area contributed by atoms with Crippen LogP contribution in [0.4, 0.5) is 11.4 Å². The van der Waals surface area contributed by atoms with E-state index < -0.39 is 0 Å². The van der Waals surface area contributed by atoms with Crippen LogP contribution in [0.2, 0.25) is 0 Å². The Labute approximate surface area is 198 Å². The second-order valence-corrected chi connectivity index (χ2v) is 8.78. The number of ether oxygens (including phenoxy) is 1. The van der Waals surface area contributed by atoms with Crippen molar-refractivity contribution in [1.29, 1.82) is 0 Å². The maximum Gasteiger partial charge on any atom is 0.273 e. The second-order valence-electron chi connectivity index (χ2n) is 7.92. The van der Waals surface area contributed by atoms with Crippen LogP contribution in [-0.2, 0) is 9.53 Å². The highest BCUT2D eigenvalue weighted by Crippen LogP contribution is 2.25. The van der Waals surface area contributed by atoms with E-state index in [1.165, 1.54) is 21.8 Å². The van der Waals surface area contributed by atoms with Crippen LogP contribution in [0.25, 0.3) is 10.6 Å². The number of amides is 2. The van der Waals surface area contributed by atoms with Gasteiger partial charge < -0.3 is 19.9 Å². The minimum absolute atomic E-state index is 0.0298. The summed E-state index contributed by atoms with van der Waals surface area (Å²) in [5.41, 5.74) is 4.32. The first kappa shape index (κ1) is 22.9. The molecule has 0 radical (unpaired) electrons. The third-order valence-electron chi connectivity index (χ3n) is 5.55. The molecule has 0 aliphatic carbocycles. The Balaban J connectivity index is 1.35. The summed E-state index contributed by atoms with van der Waals surface area (Å²) >= 11 is 1.43. The monoisotopic (exact) mass is 464 g/mol. The van der Waals surface area contributed by atoms with Crippen LogP contribution in [0.1, 0.15) is 23.0 Å². The van der Waals surface area contributed by atoms with E-state index in [4.69, 9.17) is 4.74 Å². The molecule has 1 fully saturated rings. The number of nitrogens with one attached hydrogen (secondary N) is 1. The second kappa shape index (κ2) is 10.6. The average Bonchev–Trinajstić information content (AvgIpc) is 3.34. The van der Waals surface area contributed by atoms with Crippen LogP contribution in [0.15, 0.2) is 53.9 Å². The number of anilines is 2. The Morgan fingerprint density at radius 3 is 2.45 bits per heavy atom. The highest BCUT2D eigenvalue weighted by molar-refractivity contribution is 7.13. The van der Waals surface area contributed by atoms with Crippen LogP contribution in [0.5, 0.6) is 0 Å². The van der Waals surface area contributed by atoms with Crippen LogP contribution in [0.3, 0.4) is 0 Å². The number of carbonyl (C=O) groups is 2. The van der Waals surface area contributed by atoms with Gasteiger partial charge in [-0.2, -0.15) is 0 Å². The highest BCUT2D eigenvalue weighted by atomic mass is 32.1. The van der Waals surface area contributed by atoms with Gasteiger partial charge in [0, 0.05) is 42.0 Å². The van der Waals surface area contributed by atoms with Crippen molar-refractivity contribution in [2.75, 3.05) is 49.6 Å². The number of thiazole rings is 1. The molecule has 2 heterocycles. The van der Waals surface area contributed by atoms with Gasteiger partial charge in [0.05, 0.1) is 13.2 Å². The Morgan fingerprint density at radius 1 is 1.09 bits per heavy atom. The van der Waals surface area contributed by atoms with E-state index in [1.54, 1.807) is 5.38 Å². The Kier molecular flexibility index (Phi) is 7.36. The van der Waals surface area contributed by atoms with Gasteiger partial charge in [0.2, 0.25) is 5.91 Å². The number of benzene rings is 2. The van der Waals surface area contributed by atoms with E-state index in [1.807, 2.05) is 62.4 Å².